The number of nitro benzene ring substituents is 2. The molecule has 0 N–H and O–H groups in total. The summed E-state index contributed by atoms with van der Waals surface area (Å²) in [5, 5.41) is 22.0. The molecule has 10 heteroatoms. The van der Waals surface area contributed by atoms with Crippen molar-refractivity contribution in [2.45, 2.75) is 26.4 Å². The predicted molar refractivity (Wildman–Crippen MR) is 102 cm³/mol. The van der Waals surface area contributed by atoms with Crippen LogP contribution in [0.1, 0.15) is 30.6 Å². The highest BCUT2D eigenvalue weighted by molar-refractivity contribution is 5.95. The van der Waals surface area contributed by atoms with Crippen molar-refractivity contribution in [2.24, 2.45) is 0 Å². The van der Waals surface area contributed by atoms with Crippen LogP contribution in [-0.2, 0) is 0 Å². The molecule has 1 saturated heterocycles. The van der Waals surface area contributed by atoms with Crippen molar-refractivity contribution in [3.8, 4) is 5.75 Å². The maximum Gasteiger partial charge on any atom is 0.277 e. The van der Waals surface area contributed by atoms with Gasteiger partial charge in [-0.1, -0.05) is 19.6 Å². The number of nitrogens with zero attached hydrogens (tertiary/aromatic N) is 3. The van der Waals surface area contributed by atoms with Gasteiger partial charge in [-0.2, -0.15) is 0 Å². The van der Waals surface area contributed by atoms with E-state index >= 15 is 0 Å². The summed E-state index contributed by atoms with van der Waals surface area (Å²) < 4.78 is 19.3. The molecule has 2 aromatic rings. The lowest BCUT2D eigenvalue weighted by Crippen LogP contribution is -2.41. The van der Waals surface area contributed by atoms with Crippen LogP contribution in [0.2, 0.25) is 0 Å². The van der Waals surface area contributed by atoms with Gasteiger partial charge >= 0.3 is 0 Å². The van der Waals surface area contributed by atoms with Crippen LogP contribution in [0.15, 0.2) is 42.5 Å². The Kier molecular flexibility index (Phi) is 6.81. The number of rotatable bonds is 5. The average Bonchev–Trinajstić information content (AvgIpc) is 2.69. The highest BCUT2D eigenvalue weighted by Gasteiger charge is 2.28. The standard InChI is InChI=1S/C18H16FN3O6.CH4/c19-16-3-1-2-4-17(16)28-15-5-7-20(8-6-15)18(23)12-9-13(21(24)25)11-14(10-12)22(26)27;/h1-4,9-11,15H,5-8H2;1H4. The third-order valence-corrected chi connectivity index (χ3v) is 4.43. The molecule has 29 heavy (non-hydrogen) atoms. The summed E-state index contributed by atoms with van der Waals surface area (Å²) in [6.07, 6.45) is 0.606. The molecule has 1 aliphatic rings. The molecule has 0 atom stereocenters. The van der Waals surface area contributed by atoms with Crippen molar-refractivity contribution in [3.63, 3.8) is 0 Å². The molecule has 9 nitrogen and oxygen atoms in total. The summed E-state index contributed by atoms with van der Waals surface area (Å²) >= 11 is 0. The first kappa shape index (κ1) is 21.7. The molecule has 2 aromatic carbocycles. The predicted octanol–water partition coefficient (Wildman–Crippen LogP) is 3.96. The van der Waals surface area contributed by atoms with Crippen molar-refractivity contribution in [1.29, 1.82) is 0 Å². The lowest BCUT2D eigenvalue weighted by molar-refractivity contribution is -0.394. The van der Waals surface area contributed by atoms with Gasteiger partial charge in [0, 0.05) is 38.1 Å². The molecule has 0 radical (unpaired) electrons. The van der Waals surface area contributed by atoms with E-state index in [0.29, 0.717) is 12.8 Å². The fourth-order valence-corrected chi connectivity index (χ4v) is 3.01. The monoisotopic (exact) mass is 405 g/mol. The van der Waals surface area contributed by atoms with Crippen molar-refractivity contribution < 1.29 is 23.8 Å². The maximum atomic E-state index is 13.7. The number of ether oxygens (including phenoxy) is 1. The molecule has 0 bridgehead atoms. The van der Waals surface area contributed by atoms with Crippen LogP contribution in [0.5, 0.6) is 5.75 Å². The third kappa shape index (κ3) is 5.03. The Morgan fingerprint density at radius 2 is 1.59 bits per heavy atom. The Labute approximate surface area is 166 Å². The van der Waals surface area contributed by atoms with Crippen molar-refractivity contribution >= 4 is 17.3 Å². The van der Waals surface area contributed by atoms with E-state index in [4.69, 9.17) is 4.74 Å². The van der Waals surface area contributed by atoms with Crippen LogP contribution in [0, 0.1) is 26.0 Å². The van der Waals surface area contributed by atoms with E-state index in [1.54, 1.807) is 12.1 Å². The van der Waals surface area contributed by atoms with Gasteiger partial charge < -0.3 is 9.64 Å². The van der Waals surface area contributed by atoms with E-state index in [1.165, 1.54) is 17.0 Å². The summed E-state index contributed by atoms with van der Waals surface area (Å²) in [5.41, 5.74) is -1.15. The number of carbonyl (C=O) groups is 1. The molecular weight excluding hydrogens is 385 g/mol. The van der Waals surface area contributed by atoms with Crippen LogP contribution in [0.3, 0.4) is 0 Å². The lowest BCUT2D eigenvalue weighted by atomic mass is 10.1. The fourth-order valence-electron chi connectivity index (χ4n) is 3.01. The second-order valence-corrected chi connectivity index (χ2v) is 6.29. The van der Waals surface area contributed by atoms with E-state index in [0.717, 1.165) is 18.2 Å². The van der Waals surface area contributed by atoms with Gasteiger partial charge in [0.2, 0.25) is 0 Å². The second kappa shape index (κ2) is 9.09. The Morgan fingerprint density at radius 3 is 2.10 bits per heavy atom. The number of hydrogen-bond donors (Lipinski definition) is 0. The Morgan fingerprint density at radius 1 is 1.03 bits per heavy atom. The number of non-ortho nitro benzene ring substituents is 2. The highest BCUT2D eigenvalue weighted by atomic mass is 19.1. The highest BCUT2D eigenvalue weighted by Crippen LogP contribution is 2.26. The molecule has 1 amide bonds. The topological polar surface area (TPSA) is 116 Å². The zero-order valence-corrected chi connectivity index (χ0v) is 14.6. The minimum Gasteiger partial charge on any atom is -0.487 e. The molecule has 1 heterocycles. The molecular formula is C19H20FN3O6. The van der Waals surface area contributed by atoms with E-state index in [9.17, 15) is 29.4 Å². The largest absolute Gasteiger partial charge is 0.487 e. The van der Waals surface area contributed by atoms with Crippen molar-refractivity contribution in [2.75, 3.05) is 13.1 Å². The summed E-state index contributed by atoms with van der Waals surface area (Å²) in [7, 11) is 0. The van der Waals surface area contributed by atoms with Crippen molar-refractivity contribution in [1.82, 2.24) is 4.90 Å². The van der Waals surface area contributed by atoms with Gasteiger partial charge in [0.05, 0.1) is 21.5 Å². The first-order valence-corrected chi connectivity index (χ1v) is 8.49. The Bertz CT molecular complexity index is 896. The van der Waals surface area contributed by atoms with E-state index in [1.807, 2.05) is 0 Å². The van der Waals surface area contributed by atoms with Gasteiger partial charge in [0.1, 0.15) is 6.10 Å². The number of benzene rings is 2. The second-order valence-electron chi connectivity index (χ2n) is 6.29. The molecule has 0 unspecified atom stereocenters. The van der Waals surface area contributed by atoms with Gasteiger partial charge in [-0.3, -0.25) is 25.0 Å². The van der Waals surface area contributed by atoms with E-state index in [2.05, 4.69) is 0 Å². The average molecular weight is 405 g/mol. The SMILES string of the molecule is C.O=C(c1cc([N+](=O)[O-])cc([N+](=O)[O-])c1)N1CCC(Oc2ccccc2F)CC1. The first-order valence-electron chi connectivity index (χ1n) is 8.49. The normalized spacial score (nSPS) is 14.0. The number of nitro groups is 2. The first-order chi connectivity index (χ1) is 13.3. The number of carbonyl (C=O) groups excluding carboxylic acids is 1. The molecule has 1 fully saturated rings. The van der Waals surface area contributed by atoms with Crippen LogP contribution in [-0.4, -0.2) is 39.8 Å². The summed E-state index contributed by atoms with van der Waals surface area (Å²) in [5.74, 6) is -0.859. The number of halogens is 1. The number of piperidine rings is 1. The molecule has 0 aliphatic carbocycles. The smallest absolute Gasteiger partial charge is 0.277 e. The van der Waals surface area contributed by atoms with Crippen LogP contribution in [0.4, 0.5) is 15.8 Å². The summed E-state index contributed by atoms with van der Waals surface area (Å²) in [4.78, 5) is 34.5. The Hall–Kier alpha value is -3.56. The molecule has 0 aromatic heterocycles. The summed E-state index contributed by atoms with van der Waals surface area (Å²) in [6.45, 7) is 0.572. The zero-order chi connectivity index (χ0) is 20.3. The minimum atomic E-state index is -0.780. The minimum absolute atomic E-state index is 0. The molecule has 3 rings (SSSR count). The third-order valence-electron chi connectivity index (χ3n) is 4.43. The van der Waals surface area contributed by atoms with Gasteiger partial charge in [0.25, 0.3) is 17.3 Å². The van der Waals surface area contributed by atoms with Gasteiger partial charge in [0.15, 0.2) is 11.6 Å². The van der Waals surface area contributed by atoms with Crippen molar-refractivity contribution in [3.05, 3.63) is 74.1 Å². The van der Waals surface area contributed by atoms with Gasteiger partial charge in [-0.25, -0.2) is 4.39 Å². The van der Waals surface area contributed by atoms with Crippen LogP contribution < -0.4 is 4.74 Å². The molecule has 154 valence electrons. The van der Waals surface area contributed by atoms with E-state index in [-0.39, 0.29) is 37.9 Å². The molecule has 1 aliphatic heterocycles. The zero-order valence-electron chi connectivity index (χ0n) is 14.6. The van der Waals surface area contributed by atoms with Crippen LogP contribution >= 0.6 is 0 Å². The maximum absolute atomic E-state index is 13.7. The van der Waals surface area contributed by atoms with Gasteiger partial charge in [-0.05, 0) is 12.1 Å². The number of para-hydroxylation sites is 1. The van der Waals surface area contributed by atoms with Gasteiger partial charge in [-0.15, -0.1) is 0 Å². The Balaban J connectivity index is 0.00000300. The van der Waals surface area contributed by atoms with Crippen LogP contribution in [0.25, 0.3) is 0 Å². The summed E-state index contributed by atoms with van der Waals surface area (Å²) in [6, 6.07) is 8.89. The molecule has 0 spiro atoms. The lowest BCUT2D eigenvalue weighted by Gasteiger charge is -2.32. The number of hydrogen-bond acceptors (Lipinski definition) is 6. The van der Waals surface area contributed by atoms with E-state index < -0.39 is 32.9 Å². The quantitative estimate of drug-likeness (QED) is 0.549. The fraction of sp³-hybridized carbons (Fsp3) is 0.316. The number of likely N-dealkylation sites (tertiary alicyclic amines) is 1. The molecule has 0 saturated carbocycles. The number of amides is 1.